The minimum Gasteiger partial charge on any atom is -0.475 e. The van der Waals surface area contributed by atoms with Crippen LogP contribution in [0.1, 0.15) is 32.0 Å². The van der Waals surface area contributed by atoms with Crippen LogP contribution in [-0.2, 0) is 12.3 Å². The number of ether oxygens (including phenoxy) is 1. The van der Waals surface area contributed by atoms with Crippen LogP contribution in [0.2, 0.25) is 0 Å². The van der Waals surface area contributed by atoms with Gasteiger partial charge in [0.05, 0.1) is 6.10 Å². The van der Waals surface area contributed by atoms with Gasteiger partial charge in [-0.25, -0.2) is 4.98 Å². The molecule has 1 aromatic rings. The number of aryl methyl sites for hydroxylation is 1. The Morgan fingerprint density at radius 3 is 2.64 bits per heavy atom. The summed E-state index contributed by atoms with van der Waals surface area (Å²) in [5.74, 6) is 1.18. The highest BCUT2D eigenvalue weighted by Crippen LogP contribution is 2.16. The molecule has 0 aliphatic rings. The smallest absolute Gasteiger partial charge is 0.214 e. The van der Waals surface area contributed by atoms with Crippen molar-refractivity contribution < 1.29 is 4.74 Å². The maximum absolute atomic E-state index is 5.78. The van der Waals surface area contributed by atoms with Gasteiger partial charge in [0, 0.05) is 17.6 Å². The molecule has 1 rings (SSSR count). The summed E-state index contributed by atoms with van der Waals surface area (Å²) in [7, 11) is 0. The summed E-state index contributed by atoms with van der Waals surface area (Å²) in [4.78, 5) is 4.36. The lowest BCUT2D eigenvalue weighted by Gasteiger charge is -2.10. The third-order valence-electron chi connectivity index (χ3n) is 1.79. The van der Waals surface area contributed by atoms with Gasteiger partial charge in [0.15, 0.2) is 0 Å². The van der Waals surface area contributed by atoms with E-state index in [9.17, 15) is 0 Å². The summed E-state index contributed by atoms with van der Waals surface area (Å²) < 4.78 is 5.53. The molecule has 0 unspecified atom stereocenters. The summed E-state index contributed by atoms with van der Waals surface area (Å²) in [6.07, 6.45) is 1.05. The number of pyridine rings is 1. The van der Waals surface area contributed by atoms with E-state index < -0.39 is 0 Å². The van der Waals surface area contributed by atoms with Crippen molar-refractivity contribution in [3.8, 4) is 5.88 Å². The Bertz CT molecular complexity index is 277. The predicted octanol–water partition coefficient (Wildman–Crippen LogP) is 3.17. The molecule has 1 aromatic heterocycles. The third kappa shape index (κ3) is 3.18. The first-order chi connectivity index (χ1) is 6.65. The van der Waals surface area contributed by atoms with Crippen LogP contribution in [-0.4, -0.2) is 11.1 Å². The van der Waals surface area contributed by atoms with E-state index in [1.54, 1.807) is 0 Å². The lowest BCUT2D eigenvalue weighted by Crippen LogP contribution is -2.08. The quantitative estimate of drug-likeness (QED) is 0.717. The lowest BCUT2D eigenvalue weighted by atomic mass is 10.2. The average Bonchev–Trinajstić information content (AvgIpc) is 2.16. The number of aromatic nitrogens is 1. The summed E-state index contributed by atoms with van der Waals surface area (Å²) in [5.41, 5.74) is 2.09. The number of rotatable bonds is 4. The number of nitrogens with zero attached hydrogens (tertiary/aromatic N) is 1. The van der Waals surface area contributed by atoms with Crippen molar-refractivity contribution >= 4 is 11.6 Å². The van der Waals surface area contributed by atoms with Crippen molar-refractivity contribution in [3.63, 3.8) is 0 Å². The standard InChI is InChI=1S/C11H16ClNO/c1-4-10-5-9(7-12)6-11(13-10)14-8(2)3/h5-6,8H,4,7H2,1-3H3. The molecule has 0 saturated carbocycles. The van der Waals surface area contributed by atoms with E-state index in [0.717, 1.165) is 17.7 Å². The molecule has 0 aromatic carbocycles. The van der Waals surface area contributed by atoms with Crippen LogP contribution in [0.4, 0.5) is 0 Å². The molecule has 0 fully saturated rings. The molecule has 2 nitrogen and oxygen atoms in total. The molecule has 0 saturated heterocycles. The molecule has 14 heavy (non-hydrogen) atoms. The number of hydrogen-bond acceptors (Lipinski definition) is 2. The zero-order valence-corrected chi connectivity index (χ0v) is 9.64. The van der Waals surface area contributed by atoms with Gasteiger partial charge < -0.3 is 4.74 Å². The minimum atomic E-state index is 0.151. The van der Waals surface area contributed by atoms with Crippen LogP contribution < -0.4 is 4.74 Å². The summed E-state index contributed by atoms with van der Waals surface area (Å²) >= 11 is 5.78. The van der Waals surface area contributed by atoms with Gasteiger partial charge in [-0.15, -0.1) is 11.6 Å². The highest BCUT2D eigenvalue weighted by molar-refractivity contribution is 6.17. The van der Waals surface area contributed by atoms with Crippen LogP contribution in [0.3, 0.4) is 0 Å². The van der Waals surface area contributed by atoms with Gasteiger partial charge >= 0.3 is 0 Å². The number of hydrogen-bond donors (Lipinski definition) is 0. The van der Waals surface area contributed by atoms with Gasteiger partial charge in [0.2, 0.25) is 5.88 Å². The summed E-state index contributed by atoms with van der Waals surface area (Å²) in [6.45, 7) is 6.04. The molecule has 3 heteroatoms. The van der Waals surface area contributed by atoms with E-state index in [4.69, 9.17) is 16.3 Å². The molecular weight excluding hydrogens is 198 g/mol. The Balaban J connectivity index is 2.92. The summed E-state index contributed by atoms with van der Waals surface area (Å²) in [6, 6.07) is 3.91. The maximum Gasteiger partial charge on any atom is 0.214 e. The highest BCUT2D eigenvalue weighted by Gasteiger charge is 2.03. The second kappa shape index (κ2) is 5.20. The van der Waals surface area contributed by atoms with Gasteiger partial charge in [0.1, 0.15) is 0 Å². The monoisotopic (exact) mass is 213 g/mol. The Morgan fingerprint density at radius 1 is 1.43 bits per heavy atom. The molecule has 0 spiro atoms. The minimum absolute atomic E-state index is 0.151. The van der Waals surface area contributed by atoms with Gasteiger partial charge in [-0.2, -0.15) is 0 Å². The highest BCUT2D eigenvalue weighted by atomic mass is 35.5. The van der Waals surface area contributed by atoms with Gasteiger partial charge in [-0.05, 0) is 31.9 Å². The SMILES string of the molecule is CCc1cc(CCl)cc(OC(C)C)n1. The van der Waals surface area contributed by atoms with Crippen molar-refractivity contribution in [3.05, 3.63) is 23.4 Å². The summed E-state index contributed by atoms with van der Waals surface area (Å²) in [5, 5.41) is 0. The van der Waals surface area contributed by atoms with Crippen LogP contribution >= 0.6 is 11.6 Å². The van der Waals surface area contributed by atoms with Crippen molar-refractivity contribution in [2.75, 3.05) is 0 Å². The average molecular weight is 214 g/mol. The van der Waals surface area contributed by atoms with Gasteiger partial charge in [-0.3, -0.25) is 0 Å². The molecule has 0 aliphatic carbocycles. The second-order valence-electron chi connectivity index (χ2n) is 3.46. The van der Waals surface area contributed by atoms with Crippen molar-refractivity contribution in [2.24, 2.45) is 0 Å². The van der Waals surface area contributed by atoms with Crippen LogP contribution in [0.5, 0.6) is 5.88 Å². The first-order valence-electron chi connectivity index (χ1n) is 4.88. The topological polar surface area (TPSA) is 22.1 Å². The largest absolute Gasteiger partial charge is 0.475 e. The Morgan fingerprint density at radius 2 is 2.14 bits per heavy atom. The van der Waals surface area contributed by atoms with E-state index in [1.165, 1.54) is 0 Å². The zero-order valence-electron chi connectivity index (χ0n) is 8.88. The normalized spacial score (nSPS) is 10.6. The van der Waals surface area contributed by atoms with Gasteiger partial charge in [-0.1, -0.05) is 6.92 Å². The molecule has 0 amide bonds. The molecule has 0 radical (unpaired) electrons. The fourth-order valence-electron chi connectivity index (χ4n) is 1.18. The second-order valence-corrected chi connectivity index (χ2v) is 3.73. The van der Waals surface area contributed by atoms with Crippen molar-refractivity contribution in [2.45, 2.75) is 39.2 Å². The van der Waals surface area contributed by atoms with E-state index >= 15 is 0 Å². The molecule has 1 heterocycles. The molecule has 78 valence electrons. The molecular formula is C11H16ClNO. The molecule has 0 bridgehead atoms. The molecule has 0 atom stereocenters. The Kier molecular flexibility index (Phi) is 4.21. The third-order valence-corrected chi connectivity index (χ3v) is 2.10. The lowest BCUT2D eigenvalue weighted by molar-refractivity contribution is 0.232. The predicted molar refractivity (Wildman–Crippen MR) is 58.9 cm³/mol. The van der Waals surface area contributed by atoms with Crippen LogP contribution in [0, 0.1) is 0 Å². The van der Waals surface area contributed by atoms with E-state index in [2.05, 4.69) is 11.9 Å². The van der Waals surface area contributed by atoms with E-state index in [0.29, 0.717) is 11.8 Å². The molecule has 0 aliphatic heterocycles. The zero-order chi connectivity index (χ0) is 10.6. The number of alkyl halides is 1. The van der Waals surface area contributed by atoms with Crippen LogP contribution in [0.25, 0.3) is 0 Å². The maximum atomic E-state index is 5.78. The van der Waals surface area contributed by atoms with Crippen LogP contribution in [0.15, 0.2) is 12.1 Å². The van der Waals surface area contributed by atoms with Gasteiger partial charge in [0.25, 0.3) is 0 Å². The fourth-order valence-corrected chi connectivity index (χ4v) is 1.33. The first-order valence-corrected chi connectivity index (χ1v) is 5.41. The first kappa shape index (κ1) is 11.3. The Hall–Kier alpha value is -0.760. The van der Waals surface area contributed by atoms with E-state index in [-0.39, 0.29) is 6.10 Å². The fraction of sp³-hybridized carbons (Fsp3) is 0.545. The van der Waals surface area contributed by atoms with Crippen molar-refractivity contribution in [1.29, 1.82) is 0 Å². The van der Waals surface area contributed by atoms with Crippen molar-refractivity contribution in [1.82, 2.24) is 4.98 Å². The number of halogens is 1. The Labute approximate surface area is 90.3 Å². The van der Waals surface area contributed by atoms with E-state index in [1.807, 2.05) is 26.0 Å². The molecule has 0 N–H and O–H groups in total.